The zero-order chi connectivity index (χ0) is 21.2. The van der Waals surface area contributed by atoms with Gasteiger partial charge in [-0.3, -0.25) is 4.79 Å². The molecule has 1 aliphatic rings. The Bertz CT molecular complexity index is 1080. The molecule has 12 heteroatoms. The molecule has 0 radical (unpaired) electrons. The topological polar surface area (TPSA) is 98.6 Å². The number of aromatic nitrogens is 2. The molecule has 29 heavy (non-hydrogen) atoms. The molecule has 1 fully saturated rings. The maximum absolute atomic E-state index is 12.2. The molecule has 8 nitrogen and oxygen atoms in total. The second-order valence-electron chi connectivity index (χ2n) is 6.43. The van der Waals surface area contributed by atoms with E-state index in [9.17, 15) is 18.0 Å². The number of hydrogen-bond acceptors (Lipinski definition) is 9. The summed E-state index contributed by atoms with van der Waals surface area (Å²) in [5.41, 5.74) is 1.01. The molecule has 3 rings (SSSR count). The standard InChI is InChI=1S/C17H19N3O5S4/c1-19(13-7-8-29(23,24)10-13)14(21)9-25-15(22)11-3-5-12(6-4-11)20-17(26)28-16(18-20)27-2/h3-6,13H,7-10H2,1-2H3. The van der Waals surface area contributed by atoms with Gasteiger partial charge in [-0.05, 0) is 49.2 Å². The molecule has 0 spiro atoms. The molecule has 0 saturated carbocycles. The third kappa shape index (κ3) is 5.24. The van der Waals surface area contributed by atoms with Crippen molar-refractivity contribution >= 4 is 57.0 Å². The van der Waals surface area contributed by atoms with Gasteiger partial charge in [-0.25, -0.2) is 17.9 Å². The van der Waals surface area contributed by atoms with Crippen LogP contribution in [0.25, 0.3) is 5.69 Å². The lowest BCUT2D eigenvalue weighted by Gasteiger charge is -2.23. The number of carbonyl (C=O) groups excluding carboxylic acids is 2. The van der Waals surface area contributed by atoms with Crippen LogP contribution in [0, 0.1) is 3.95 Å². The van der Waals surface area contributed by atoms with Crippen molar-refractivity contribution < 1.29 is 22.7 Å². The first-order chi connectivity index (χ1) is 13.7. The molecule has 1 atom stereocenters. The van der Waals surface area contributed by atoms with E-state index in [1.165, 1.54) is 35.0 Å². The number of amides is 1. The average molecular weight is 474 g/mol. The molecule has 1 unspecified atom stereocenters. The average Bonchev–Trinajstić information content (AvgIpc) is 3.27. The predicted molar refractivity (Wildman–Crippen MR) is 114 cm³/mol. The van der Waals surface area contributed by atoms with Crippen molar-refractivity contribution in [3.8, 4) is 5.69 Å². The van der Waals surface area contributed by atoms with Gasteiger partial charge in [-0.15, -0.1) is 5.10 Å². The largest absolute Gasteiger partial charge is 0.452 e. The Balaban J connectivity index is 1.59. The van der Waals surface area contributed by atoms with Crippen molar-refractivity contribution in [3.05, 3.63) is 33.8 Å². The molecule has 1 aliphatic heterocycles. The molecule has 1 amide bonds. The lowest BCUT2D eigenvalue weighted by Crippen LogP contribution is -2.40. The minimum absolute atomic E-state index is 0.0535. The highest BCUT2D eigenvalue weighted by atomic mass is 32.2. The van der Waals surface area contributed by atoms with Crippen LogP contribution in [0.3, 0.4) is 0 Å². The SMILES string of the molecule is CSc1nn(-c2ccc(C(=O)OCC(=O)N(C)C3CCS(=O)(=O)C3)cc2)c(=S)s1. The zero-order valence-electron chi connectivity index (χ0n) is 15.7. The van der Waals surface area contributed by atoms with E-state index in [4.69, 9.17) is 17.0 Å². The minimum Gasteiger partial charge on any atom is -0.452 e. The van der Waals surface area contributed by atoms with Crippen molar-refractivity contribution in [1.82, 2.24) is 14.7 Å². The predicted octanol–water partition coefficient (Wildman–Crippen LogP) is 2.19. The van der Waals surface area contributed by atoms with Crippen molar-refractivity contribution in [2.75, 3.05) is 31.4 Å². The number of nitrogens with zero attached hydrogens (tertiary/aromatic N) is 3. The van der Waals surface area contributed by atoms with Crippen LogP contribution in [0.15, 0.2) is 28.6 Å². The van der Waals surface area contributed by atoms with E-state index in [0.717, 1.165) is 10.0 Å². The second-order valence-corrected chi connectivity index (χ2v) is 11.3. The van der Waals surface area contributed by atoms with Crippen molar-refractivity contribution in [2.24, 2.45) is 0 Å². The summed E-state index contributed by atoms with van der Waals surface area (Å²) in [7, 11) is -1.57. The monoisotopic (exact) mass is 473 g/mol. The Morgan fingerprint density at radius 3 is 2.62 bits per heavy atom. The van der Waals surface area contributed by atoms with Gasteiger partial charge in [0.2, 0.25) is 0 Å². The minimum atomic E-state index is -3.10. The van der Waals surface area contributed by atoms with Crippen LogP contribution in [0.5, 0.6) is 0 Å². The number of thioether (sulfide) groups is 1. The normalized spacial score (nSPS) is 17.8. The molecule has 2 heterocycles. The van der Waals surface area contributed by atoms with E-state index in [1.807, 2.05) is 6.26 Å². The Morgan fingerprint density at radius 2 is 2.07 bits per heavy atom. The number of esters is 1. The van der Waals surface area contributed by atoms with E-state index in [2.05, 4.69) is 5.10 Å². The molecule has 1 saturated heterocycles. The molecular weight excluding hydrogens is 454 g/mol. The van der Waals surface area contributed by atoms with Gasteiger partial charge in [0.15, 0.2) is 24.7 Å². The first-order valence-electron chi connectivity index (χ1n) is 8.58. The molecule has 0 N–H and O–H groups in total. The third-order valence-corrected chi connectivity index (χ3v) is 8.49. The number of hydrogen-bond donors (Lipinski definition) is 0. The van der Waals surface area contributed by atoms with Crippen LogP contribution in [0.1, 0.15) is 16.8 Å². The fourth-order valence-corrected chi connectivity index (χ4v) is 6.40. The molecule has 156 valence electrons. The van der Waals surface area contributed by atoms with Crippen LogP contribution in [0.2, 0.25) is 0 Å². The van der Waals surface area contributed by atoms with Gasteiger partial charge in [0.05, 0.1) is 22.8 Å². The number of rotatable bonds is 6. The Morgan fingerprint density at radius 1 is 1.38 bits per heavy atom. The van der Waals surface area contributed by atoms with E-state index in [-0.39, 0.29) is 17.5 Å². The quantitative estimate of drug-likeness (QED) is 0.358. The molecule has 1 aromatic carbocycles. The molecule has 1 aromatic heterocycles. The Labute approximate surface area is 181 Å². The highest BCUT2D eigenvalue weighted by Gasteiger charge is 2.32. The van der Waals surface area contributed by atoms with Crippen LogP contribution in [0.4, 0.5) is 0 Å². The fourth-order valence-electron chi connectivity index (χ4n) is 2.84. The fraction of sp³-hybridized carbons (Fsp3) is 0.412. The van der Waals surface area contributed by atoms with Gasteiger partial charge in [-0.2, -0.15) is 0 Å². The van der Waals surface area contributed by atoms with Crippen LogP contribution < -0.4 is 0 Å². The van der Waals surface area contributed by atoms with Crippen LogP contribution in [-0.4, -0.2) is 72.4 Å². The number of sulfone groups is 1. The summed E-state index contributed by atoms with van der Waals surface area (Å²) in [6, 6.07) is 6.19. The number of likely N-dealkylation sites (N-methyl/N-ethyl adjacent to an activating group) is 1. The van der Waals surface area contributed by atoms with E-state index < -0.39 is 28.3 Å². The molecule has 0 aliphatic carbocycles. The lowest BCUT2D eigenvalue weighted by molar-refractivity contribution is -0.134. The summed E-state index contributed by atoms with van der Waals surface area (Å²) >= 11 is 8.20. The number of ether oxygens (including phenoxy) is 1. The highest BCUT2D eigenvalue weighted by Crippen LogP contribution is 2.22. The molecule has 2 aromatic rings. The third-order valence-electron chi connectivity index (χ3n) is 4.53. The van der Waals surface area contributed by atoms with Gasteiger partial charge < -0.3 is 9.64 Å². The summed E-state index contributed by atoms with van der Waals surface area (Å²) in [5.74, 6) is -1.05. The smallest absolute Gasteiger partial charge is 0.338 e. The summed E-state index contributed by atoms with van der Waals surface area (Å²) in [6.07, 6.45) is 2.32. The highest BCUT2D eigenvalue weighted by molar-refractivity contribution is 8.00. The van der Waals surface area contributed by atoms with Crippen molar-refractivity contribution in [1.29, 1.82) is 0 Å². The van der Waals surface area contributed by atoms with Crippen LogP contribution in [-0.2, 0) is 19.4 Å². The van der Waals surface area contributed by atoms with E-state index >= 15 is 0 Å². The number of benzene rings is 1. The Hall–Kier alpha value is -1.76. The Kier molecular flexibility index (Phi) is 6.76. The summed E-state index contributed by atoms with van der Waals surface area (Å²) in [4.78, 5) is 25.8. The van der Waals surface area contributed by atoms with Gasteiger partial charge in [0.25, 0.3) is 5.91 Å². The maximum Gasteiger partial charge on any atom is 0.338 e. The zero-order valence-corrected chi connectivity index (χ0v) is 19.0. The summed E-state index contributed by atoms with van der Waals surface area (Å²) < 4.78 is 31.3. The first-order valence-corrected chi connectivity index (χ1v) is 12.8. The second kappa shape index (κ2) is 8.94. The molecule has 0 bridgehead atoms. The van der Waals surface area contributed by atoms with Gasteiger partial charge >= 0.3 is 5.97 Å². The summed E-state index contributed by atoms with van der Waals surface area (Å²) in [6.45, 7) is -0.443. The van der Waals surface area contributed by atoms with E-state index in [1.54, 1.807) is 28.9 Å². The summed E-state index contributed by atoms with van der Waals surface area (Å²) in [5, 5.41) is 4.38. The van der Waals surface area contributed by atoms with Crippen molar-refractivity contribution in [3.63, 3.8) is 0 Å². The van der Waals surface area contributed by atoms with Crippen molar-refractivity contribution in [2.45, 2.75) is 16.8 Å². The van der Waals surface area contributed by atoms with Crippen LogP contribution >= 0.6 is 35.3 Å². The first kappa shape index (κ1) is 21.9. The molecular formula is C17H19N3O5S4. The van der Waals surface area contributed by atoms with Gasteiger partial charge in [0.1, 0.15) is 0 Å². The van der Waals surface area contributed by atoms with Gasteiger partial charge in [0, 0.05) is 13.1 Å². The maximum atomic E-state index is 12.2. The van der Waals surface area contributed by atoms with E-state index in [0.29, 0.717) is 15.9 Å². The number of carbonyl (C=O) groups is 2. The van der Waals surface area contributed by atoms with Gasteiger partial charge in [-0.1, -0.05) is 23.1 Å². The lowest BCUT2D eigenvalue weighted by atomic mass is 10.2.